The van der Waals surface area contributed by atoms with Gasteiger partial charge < -0.3 is 10.6 Å². The number of carbonyl (C=O) groups is 1. The minimum Gasteiger partial charge on any atom is -0.375 e. The van der Waals surface area contributed by atoms with Gasteiger partial charge in [0.25, 0.3) is 0 Å². The zero-order valence-corrected chi connectivity index (χ0v) is 14.4. The van der Waals surface area contributed by atoms with E-state index >= 15 is 0 Å². The molecule has 0 radical (unpaired) electrons. The molecule has 0 saturated heterocycles. The molecule has 2 aromatic carbocycles. The van der Waals surface area contributed by atoms with Gasteiger partial charge in [-0.3, -0.25) is 4.79 Å². The van der Waals surface area contributed by atoms with E-state index in [2.05, 4.69) is 17.2 Å². The summed E-state index contributed by atoms with van der Waals surface area (Å²) >= 11 is 5.81. The highest BCUT2D eigenvalue weighted by atomic mass is 35.5. The first-order chi connectivity index (χ1) is 11.4. The zero-order chi connectivity index (χ0) is 17.6. The van der Waals surface area contributed by atoms with E-state index in [1.54, 1.807) is 24.3 Å². The molecule has 0 aliphatic heterocycles. The number of benzene rings is 2. The van der Waals surface area contributed by atoms with Gasteiger partial charge in [0.05, 0.1) is 22.0 Å². The van der Waals surface area contributed by atoms with E-state index in [9.17, 15) is 13.2 Å². The third-order valence-corrected chi connectivity index (χ3v) is 5.26. The average molecular weight is 365 g/mol. The van der Waals surface area contributed by atoms with Crippen LogP contribution in [0.1, 0.15) is 0 Å². The van der Waals surface area contributed by atoms with Crippen LogP contribution in [0.25, 0.3) is 0 Å². The van der Waals surface area contributed by atoms with Crippen LogP contribution in [0.3, 0.4) is 0 Å². The molecule has 0 heterocycles. The molecule has 0 aliphatic rings. The Morgan fingerprint density at radius 2 is 1.79 bits per heavy atom. The molecule has 1 amide bonds. The predicted octanol–water partition coefficient (Wildman–Crippen LogP) is 2.89. The first kappa shape index (κ1) is 18.0. The number of para-hydroxylation sites is 1. The van der Waals surface area contributed by atoms with Crippen LogP contribution < -0.4 is 10.6 Å². The summed E-state index contributed by atoms with van der Waals surface area (Å²) in [5.41, 5.74) is 0.362. The highest BCUT2D eigenvalue weighted by molar-refractivity contribution is 7.91. The predicted molar refractivity (Wildman–Crippen MR) is 95.0 cm³/mol. The zero-order valence-electron chi connectivity index (χ0n) is 12.8. The molecule has 0 atom stereocenters. The monoisotopic (exact) mass is 364 g/mol. The molecule has 24 heavy (non-hydrogen) atoms. The summed E-state index contributed by atoms with van der Waals surface area (Å²) < 4.78 is 25.6. The molecular weight excluding hydrogens is 348 g/mol. The van der Waals surface area contributed by atoms with Crippen molar-refractivity contribution in [1.82, 2.24) is 5.32 Å². The van der Waals surface area contributed by atoms with Gasteiger partial charge >= 0.3 is 0 Å². The van der Waals surface area contributed by atoms with Crippen molar-refractivity contribution in [3.05, 3.63) is 66.2 Å². The van der Waals surface area contributed by atoms with Gasteiger partial charge in [-0.1, -0.05) is 29.8 Å². The van der Waals surface area contributed by atoms with Gasteiger partial charge in [0.1, 0.15) is 0 Å². The second-order valence-corrected chi connectivity index (χ2v) is 7.25. The standard InChI is InChI=1S/C17H17ClN2O3S/c1-2-11-19-17(21)12-20-15-5-3-4-6-16(15)24(22,23)14-9-7-13(18)8-10-14/h2-10,20H,1,11-12H2,(H,19,21). The van der Waals surface area contributed by atoms with E-state index in [4.69, 9.17) is 11.6 Å². The van der Waals surface area contributed by atoms with E-state index in [-0.39, 0.29) is 22.2 Å². The summed E-state index contributed by atoms with van der Waals surface area (Å²) in [6.07, 6.45) is 1.57. The van der Waals surface area contributed by atoms with Gasteiger partial charge in [0.15, 0.2) is 0 Å². The Labute approximate surface area is 146 Å². The molecule has 0 saturated carbocycles. The van der Waals surface area contributed by atoms with Crippen LogP contribution in [0.15, 0.2) is 71.0 Å². The molecule has 2 rings (SSSR count). The number of anilines is 1. The van der Waals surface area contributed by atoms with Crippen molar-refractivity contribution >= 4 is 33.0 Å². The van der Waals surface area contributed by atoms with Gasteiger partial charge in [-0.2, -0.15) is 0 Å². The first-order valence-electron chi connectivity index (χ1n) is 7.16. The Balaban J connectivity index is 2.26. The molecule has 0 spiro atoms. The number of sulfone groups is 1. The van der Waals surface area contributed by atoms with E-state index < -0.39 is 9.84 Å². The summed E-state index contributed by atoms with van der Waals surface area (Å²) in [7, 11) is -3.72. The molecule has 5 nitrogen and oxygen atoms in total. The molecule has 2 N–H and O–H groups in total. The average Bonchev–Trinajstić information content (AvgIpc) is 2.58. The van der Waals surface area contributed by atoms with E-state index in [0.29, 0.717) is 17.3 Å². The SMILES string of the molecule is C=CCNC(=O)CNc1ccccc1S(=O)(=O)c1ccc(Cl)cc1. The van der Waals surface area contributed by atoms with Crippen molar-refractivity contribution in [3.63, 3.8) is 0 Å². The Hall–Kier alpha value is -2.31. The fraction of sp³-hybridized carbons (Fsp3) is 0.118. The van der Waals surface area contributed by atoms with E-state index in [0.717, 1.165) is 0 Å². The second-order valence-electron chi connectivity index (χ2n) is 4.90. The molecular formula is C17H17ClN2O3S. The normalized spacial score (nSPS) is 10.9. The summed E-state index contributed by atoms with van der Waals surface area (Å²) in [5, 5.41) is 5.93. The molecule has 0 aromatic heterocycles. The number of halogens is 1. The smallest absolute Gasteiger partial charge is 0.239 e. The fourth-order valence-corrected chi connectivity index (χ4v) is 3.57. The lowest BCUT2D eigenvalue weighted by Crippen LogP contribution is -2.30. The van der Waals surface area contributed by atoms with Crippen molar-refractivity contribution in [1.29, 1.82) is 0 Å². The number of hydrogen-bond donors (Lipinski definition) is 2. The van der Waals surface area contributed by atoms with Crippen LogP contribution in [-0.2, 0) is 14.6 Å². The van der Waals surface area contributed by atoms with Crippen molar-refractivity contribution in [2.45, 2.75) is 9.79 Å². The Morgan fingerprint density at radius 3 is 2.46 bits per heavy atom. The van der Waals surface area contributed by atoms with Gasteiger partial charge in [-0.15, -0.1) is 6.58 Å². The summed E-state index contributed by atoms with van der Waals surface area (Å²) in [5.74, 6) is -0.256. The Morgan fingerprint density at radius 1 is 1.12 bits per heavy atom. The fourth-order valence-electron chi connectivity index (χ4n) is 2.01. The van der Waals surface area contributed by atoms with Gasteiger partial charge in [0, 0.05) is 11.6 Å². The summed E-state index contributed by atoms with van der Waals surface area (Å²) in [6.45, 7) is 3.82. The van der Waals surface area contributed by atoms with Crippen LogP contribution >= 0.6 is 11.6 Å². The number of amides is 1. The van der Waals surface area contributed by atoms with E-state index in [1.807, 2.05) is 0 Å². The third-order valence-electron chi connectivity index (χ3n) is 3.18. The number of hydrogen-bond acceptors (Lipinski definition) is 4. The third kappa shape index (κ3) is 4.37. The number of rotatable bonds is 7. The second kappa shape index (κ2) is 7.99. The van der Waals surface area contributed by atoms with Crippen LogP contribution in [-0.4, -0.2) is 27.4 Å². The van der Waals surface area contributed by atoms with Crippen molar-refractivity contribution in [3.8, 4) is 0 Å². The van der Waals surface area contributed by atoms with Crippen LogP contribution in [0.4, 0.5) is 5.69 Å². The highest BCUT2D eigenvalue weighted by Crippen LogP contribution is 2.28. The maximum atomic E-state index is 12.8. The molecule has 0 aliphatic carbocycles. The molecule has 2 aromatic rings. The highest BCUT2D eigenvalue weighted by Gasteiger charge is 2.21. The van der Waals surface area contributed by atoms with Gasteiger partial charge in [-0.25, -0.2) is 8.42 Å². The first-order valence-corrected chi connectivity index (χ1v) is 9.02. The van der Waals surface area contributed by atoms with Crippen molar-refractivity contribution in [2.24, 2.45) is 0 Å². The summed E-state index contributed by atoms with van der Waals surface area (Å²) in [4.78, 5) is 11.9. The Kier molecular flexibility index (Phi) is 6.00. The van der Waals surface area contributed by atoms with E-state index in [1.165, 1.54) is 30.3 Å². The van der Waals surface area contributed by atoms with Gasteiger partial charge in [-0.05, 0) is 36.4 Å². The molecule has 0 bridgehead atoms. The van der Waals surface area contributed by atoms with Gasteiger partial charge in [0.2, 0.25) is 15.7 Å². The van der Waals surface area contributed by atoms with Crippen LogP contribution in [0.2, 0.25) is 5.02 Å². The van der Waals surface area contributed by atoms with Crippen molar-refractivity contribution in [2.75, 3.05) is 18.4 Å². The topological polar surface area (TPSA) is 75.3 Å². The molecule has 126 valence electrons. The lowest BCUT2D eigenvalue weighted by atomic mass is 10.3. The lowest BCUT2D eigenvalue weighted by molar-refractivity contribution is -0.119. The summed E-state index contributed by atoms with van der Waals surface area (Å²) in [6, 6.07) is 12.4. The Bertz CT molecular complexity index is 833. The minimum absolute atomic E-state index is 0.0407. The van der Waals surface area contributed by atoms with Crippen molar-refractivity contribution < 1.29 is 13.2 Å². The maximum absolute atomic E-state index is 12.8. The lowest BCUT2D eigenvalue weighted by Gasteiger charge is -2.12. The molecule has 0 fully saturated rings. The minimum atomic E-state index is -3.72. The molecule has 7 heteroatoms. The largest absolute Gasteiger partial charge is 0.375 e. The number of carbonyl (C=O) groups excluding carboxylic acids is 1. The quantitative estimate of drug-likeness (QED) is 0.741. The maximum Gasteiger partial charge on any atom is 0.239 e. The molecule has 0 unspecified atom stereocenters. The number of nitrogens with one attached hydrogen (secondary N) is 2. The van der Waals surface area contributed by atoms with Crippen LogP contribution in [0, 0.1) is 0 Å². The van der Waals surface area contributed by atoms with Crippen LogP contribution in [0.5, 0.6) is 0 Å².